The first-order valence-electron chi connectivity index (χ1n) is 12.7. The number of hydrogen-bond acceptors (Lipinski definition) is 8. The maximum Gasteiger partial charge on any atom is 0.256 e. The summed E-state index contributed by atoms with van der Waals surface area (Å²) in [5.74, 6) is 0.858. The van der Waals surface area contributed by atoms with E-state index in [0.29, 0.717) is 41.7 Å². The van der Waals surface area contributed by atoms with E-state index in [2.05, 4.69) is 61.0 Å². The molecule has 1 atom stereocenters. The van der Waals surface area contributed by atoms with Gasteiger partial charge in [0.2, 0.25) is 5.95 Å². The monoisotopic (exact) mass is 497 g/mol. The van der Waals surface area contributed by atoms with Crippen LogP contribution in [0, 0.1) is 0 Å². The fraction of sp³-hybridized carbons (Fsp3) is 0.357. The molecule has 1 saturated carbocycles. The van der Waals surface area contributed by atoms with E-state index in [1.165, 1.54) is 30.2 Å². The van der Waals surface area contributed by atoms with Crippen molar-refractivity contribution in [3.63, 3.8) is 0 Å². The van der Waals surface area contributed by atoms with Gasteiger partial charge in [0, 0.05) is 36.9 Å². The van der Waals surface area contributed by atoms with E-state index in [1.54, 1.807) is 13.0 Å². The van der Waals surface area contributed by atoms with Gasteiger partial charge in [0.1, 0.15) is 22.8 Å². The molecule has 5 N–H and O–H groups in total. The van der Waals surface area contributed by atoms with Gasteiger partial charge in [0.15, 0.2) is 0 Å². The molecule has 3 heterocycles. The summed E-state index contributed by atoms with van der Waals surface area (Å²) >= 11 is 0. The highest BCUT2D eigenvalue weighted by molar-refractivity contribution is 5.99. The van der Waals surface area contributed by atoms with Crippen LogP contribution in [0.25, 0.3) is 0 Å². The Labute approximate surface area is 215 Å². The van der Waals surface area contributed by atoms with E-state index in [0.717, 1.165) is 30.8 Å². The fourth-order valence-electron chi connectivity index (χ4n) is 5.40. The van der Waals surface area contributed by atoms with Gasteiger partial charge in [-0.3, -0.25) is 4.79 Å². The zero-order valence-electron chi connectivity index (χ0n) is 20.9. The van der Waals surface area contributed by atoms with E-state index in [-0.39, 0.29) is 11.5 Å². The van der Waals surface area contributed by atoms with Crippen molar-refractivity contribution < 1.29 is 9.90 Å². The third-order valence-corrected chi connectivity index (χ3v) is 7.62. The van der Waals surface area contributed by atoms with Crippen molar-refractivity contribution in [3.05, 3.63) is 77.1 Å². The Morgan fingerprint density at radius 1 is 1.16 bits per heavy atom. The lowest BCUT2D eigenvalue weighted by atomic mass is 9.88. The fourth-order valence-corrected chi connectivity index (χ4v) is 5.40. The zero-order chi connectivity index (χ0) is 25.6. The smallest absolute Gasteiger partial charge is 0.256 e. The summed E-state index contributed by atoms with van der Waals surface area (Å²) in [4.78, 5) is 26.5. The quantitative estimate of drug-likeness (QED) is 0.314. The maximum absolute atomic E-state index is 12.8. The normalized spacial score (nSPS) is 20.6. The van der Waals surface area contributed by atoms with Crippen molar-refractivity contribution in [1.82, 2.24) is 25.6 Å². The van der Waals surface area contributed by atoms with Gasteiger partial charge in [0.05, 0.1) is 5.69 Å². The first kappa shape index (κ1) is 23.6. The largest absolute Gasteiger partial charge is 0.384 e. The van der Waals surface area contributed by atoms with Crippen LogP contribution in [0.3, 0.4) is 0 Å². The number of aryl methyl sites for hydroxylation is 1. The molecule has 1 fully saturated rings. The van der Waals surface area contributed by atoms with Gasteiger partial charge in [-0.25, -0.2) is 9.97 Å². The molecule has 37 heavy (non-hydrogen) atoms. The molecule has 3 aromatic rings. The average Bonchev–Trinajstić information content (AvgIpc) is 3.59. The second-order valence-corrected chi connectivity index (χ2v) is 10.4. The molecule has 6 rings (SSSR count). The number of anilines is 4. The van der Waals surface area contributed by atoms with Crippen LogP contribution in [0.15, 0.2) is 49.2 Å². The number of hydrogen-bond donors (Lipinski definition) is 5. The van der Waals surface area contributed by atoms with Crippen LogP contribution < -0.4 is 21.3 Å². The number of benzene rings is 1. The minimum absolute atomic E-state index is 0.284. The van der Waals surface area contributed by atoms with Crippen molar-refractivity contribution in [2.75, 3.05) is 23.7 Å². The van der Waals surface area contributed by atoms with Crippen LogP contribution in [0.2, 0.25) is 0 Å². The van der Waals surface area contributed by atoms with E-state index in [9.17, 15) is 9.90 Å². The van der Waals surface area contributed by atoms with Gasteiger partial charge in [0.25, 0.3) is 5.91 Å². The Morgan fingerprint density at radius 3 is 2.84 bits per heavy atom. The minimum atomic E-state index is -0.976. The van der Waals surface area contributed by atoms with Gasteiger partial charge in [-0.2, -0.15) is 4.98 Å². The molecule has 3 aliphatic rings. The summed E-state index contributed by atoms with van der Waals surface area (Å²) in [6.07, 6.45) is 7.00. The van der Waals surface area contributed by atoms with Crippen molar-refractivity contribution in [2.45, 2.75) is 50.2 Å². The van der Waals surface area contributed by atoms with Gasteiger partial charge >= 0.3 is 0 Å². The Hall–Kier alpha value is -3.82. The number of pyridine rings is 1. The Kier molecular flexibility index (Phi) is 5.69. The van der Waals surface area contributed by atoms with Crippen molar-refractivity contribution >= 4 is 29.2 Å². The van der Waals surface area contributed by atoms with Crippen LogP contribution in [0.1, 0.15) is 58.9 Å². The molecule has 190 valence electrons. The summed E-state index contributed by atoms with van der Waals surface area (Å²) in [6.45, 7) is 7.65. The summed E-state index contributed by atoms with van der Waals surface area (Å²) in [5.41, 5.74) is 4.92. The highest BCUT2D eigenvalue weighted by atomic mass is 16.3. The third-order valence-electron chi connectivity index (χ3n) is 7.62. The summed E-state index contributed by atoms with van der Waals surface area (Å²) < 4.78 is 0. The number of aliphatic hydroxyl groups is 1. The van der Waals surface area contributed by atoms with Crippen LogP contribution in [-0.2, 0) is 24.0 Å². The standard InChI is InChI=1S/C28H31N7O2/c1-3-12-30-25(36)20-15-31-26(32-19-5-6-21-18(13-19)14-29-16-28(21)10-11-28)35-24(20)34-22-7-4-17-8-9-27(2,37)23(17)33-22/h3-7,13,15,29,37H,1,8-12,14,16H2,2H3,(H,30,36)(H2,31,32,33,34,35)/t27-/m1/s1. The molecule has 0 unspecified atom stereocenters. The van der Waals surface area contributed by atoms with E-state index < -0.39 is 5.60 Å². The Bertz CT molecular complexity index is 1400. The summed E-state index contributed by atoms with van der Waals surface area (Å²) in [7, 11) is 0. The van der Waals surface area contributed by atoms with Crippen LogP contribution in [0.4, 0.5) is 23.3 Å². The van der Waals surface area contributed by atoms with Crippen LogP contribution in [0.5, 0.6) is 0 Å². The Balaban J connectivity index is 1.30. The molecule has 0 radical (unpaired) electrons. The van der Waals surface area contributed by atoms with Gasteiger partial charge in [-0.05, 0) is 67.5 Å². The Morgan fingerprint density at radius 2 is 2.03 bits per heavy atom. The molecule has 2 aliphatic carbocycles. The third kappa shape index (κ3) is 4.45. The molecular formula is C28H31N7O2. The second-order valence-electron chi connectivity index (χ2n) is 10.4. The predicted octanol–water partition coefficient (Wildman–Crippen LogP) is 3.56. The lowest BCUT2D eigenvalue weighted by Crippen LogP contribution is -2.33. The molecule has 0 saturated heterocycles. The number of rotatable bonds is 7. The number of fused-ring (bicyclic) bond motifs is 3. The van der Waals surface area contributed by atoms with Crippen LogP contribution >= 0.6 is 0 Å². The molecule has 0 bridgehead atoms. The molecule has 1 aliphatic heterocycles. The minimum Gasteiger partial charge on any atom is -0.384 e. The van der Waals surface area contributed by atoms with E-state index in [1.807, 2.05) is 12.1 Å². The van der Waals surface area contributed by atoms with Gasteiger partial charge < -0.3 is 26.4 Å². The van der Waals surface area contributed by atoms with Gasteiger partial charge in [-0.15, -0.1) is 6.58 Å². The average molecular weight is 498 g/mol. The second kappa shape index (κ2) is 8.93. The molecule has 1 aromatic carbocycles. The van der Waals surface area contributed by atoms with E-state index in [4.69, 9.17) is 0 Å². The van der Waals surface area contributed by atoms with Gasteiger partial charge in [-0.1, -0.05) is 18.2 Å². The SMILES string of the molecule is C=CCNC(=O)c1cnc(Nc2ccc3c(c2)CNCC32CC2)nc1Nc1ccc2c(n1)[C@](C)(O)CC2. The van der Waals surface area contributed by atoms with E-state index >= 15 is 0 Å². The lowest BCUT2D eigenvalue weighted by Gasteiger charge is -2.26. The number of aromatic nitrogens is 3. The summed E-state index contributed by atoms with van der Waals surface area (Å²) in [5, 5.41) is 23.5. The molecule has 2 aromatic heterocycles. The zero-order valence-corrected chi connectivity index (χ0v) is 20.9. The van der Waals surface area contributed by atoms with Crippen LogP contribution in [-0.4, -0.2) is 39.1 Å². The maximum atomic E-state index is 12.8. The highest BCUT2D eigenvalue weighted by Gasteiger charge is 2.46. The molecule has 1 amide bonds. The number of carbonyl (C=O) groups excluding carboxylic acids is 1. The first-order chi connectivity index (χ1) is 17.9. The molecular weight excluding hydrogens is 466 g/mol. The van der Waals surface area contributed by atoms with Crippen molar-refractivity contribution in [2.24, 2.45) is 0 Å². The first-order valence-corrected chi connectivity index (χ1v) is 12.7. The predicted molar refractivity (Wildman–Crippen MR) is 142 cm³/mol. The number of amides is 1. The van der Waals surface area contributed by atoms with Crippen molar-refractivity contribution in [3.8, 4) is 0 Å². The molecule has 1 spiro atoms. The number of carbonyl (C=O) groups is 1. The number of nitrogens with zero attached hydrogens (tertiary/aromatic N) is 3. The summed E-state index contributed by atoms with van der Waals surface area (Å²) in [6, 6.07) is 10.2. The van der Waals surface area contributed by atoms with Crippen molar-refractivity contribution in [1.29, 1.82) is 0 Å². The highest BCUT2D eigenvalue weighted by Crippen LogP contribution is 2.50. The lowest BCUT2D eigenvalue weighted by molar-refractivity contribution is 0.0555. The molecule has 9 heteroatoms. The number of nitrogens with one attached hydrogen (secondary N) is 4. The molecule has 9 nitrogen and oxygen atoms in total. The topological polar surface area (TPSA) is 124 Å².